The fourth-order valence-electron chi connectivity index (χ4n) is 2.18. The summed E-state index contributed by atoms with van der Waals surface area (Å²) in [6, 6.07) is 21.5. The summed E-state index contributed by atoms with van der Waals surface area (Å²) in [5.74, 6) is 0.748. The van der Waals surface area contributed by atoms with Crippen LogP contribution in [0.5, 0.6) is 0 Å². The van der Waals surface area contributed by atoms with E-state index >= 15 is 0 Å². The molecule has 0 radical (unpaired) electrons. The largest absolute Gasteiger partial charge is 0.0683 e. The Labute approximate surface area is 118 Å². The molecule has 0 aliphatic heterocycles. The zero-order valence-corrected chi connectivity index (χ0v) is 12.5. The van der Waals surface area contributed by atoms with Crippen molar-refractivity contribution >= 4 is 0 Å². The Bertz CT molecular complexity index is 416. The van der Waals surface area contributed by atoms with Gasteiger partial charge < -0.3 is 0 Å². The predicted octanol–water partition coefficient (Wildman–Crippen LogP) is 5.52. The average Bonchev–Trinajstić information content (AvgIpc) is 2.49. The zero-order chi connectivity index (χ0) is 13.9. The Morgan fingerprint density at radius 3 is 1.74 bits per heavy atom. The fraction of sp³-hybridized carbons (Fsp3) is 0.368. The van der Waals surface area contributed by atoms with Crippen molar-refractivity contribution in [2.75, 3.05) is 0 Å². The highest BCUT2D eigenvalue weighted by molar-refractivity contribution is 5.16. The van der Waals surface area contributed by atoms with Crippen LogP contribution in [0.2, 0.25) is 0 Å². The van der Waals surface area contributed by atoms with E-state index in [4.69, 9.17) is 0 Å². The standard InChI is InChI=1S/C17H20.C2H6/c1-15(14-17-10-6-3-7-11-17)12-13-16-8-4-2-5-9-16;1-2/h2-11,15H,12-14H2,1H3;1-2H3. The third-order valence-corrected chi connectivity index (χ3v) is 3.20. The number of benzene rings is 2. The van der Waals surface area contributed by atoms with Crippen molar-refractivity contribution in [2.24, 2.45) is 5.92 Å². The summed E-state index contributed by atoms with van der Waals surface area (Å²) in [7, 11) is 0. The van der Waals surface area contributed by atoms with Gasteiger partial charge in [0, 0.05) is 0 Å². The van der Waals surface area contributed by atoms with Crippen LogP contribution >= 0.6 is 0 Å². The summed E-state index contributed by atoms with van der Waals surface area (Å²) in [6.07, 6.45) is 3.64. The maximum Gasteiger partial charge on any atom is -0.0253 e. The van der Waals surface area contributed by atoms with Gasteiger partial charge in [-0.2, -0.15) is 0 Å². The van der Waals surface area contributed by atoms with Crippen molar-refractivity contribution in [3.63, 3.8) is 0 Å². The number of aryl methyl sites for hydroxylation is 1. The van der Waals surface area contributed by atoms with Gasteiger partial charge in [0.2, 0.25) is 0 Å². The molecule has 19 heavy (non-hydrogen) atoms. The molecule has 2 aromatic rings. The van der Waals surface area contributed by atoms with Gasteiger partial charge in [-0.05, 0) is 36.3 Å². The topological polar surface area (TPSA) is 0 Å². The first kappa shape index (κ1) is 15.5. The second-order valence-corrected chi connectivity index (χ2v) is 4.82. The molecule has 2 aromatic carbocycles. The molecule has 0 aliphatic rings. The summed E-state index contributed by atoms with van der Waals surface area (Å²) in [4.78, 5) is 0. The number of rotatable bonds is 5. The van der Waals surface area contributed by atoms with Crippen LogP contribution in [0.4, 0.5) is 0 Å². The predicted molar refractivity (Wildman–Crippen MR) is 85.4 cm³/mol. The van der Waals surface area contributed by atoms with E-state index in [0.717, 1.165) is 5.92 Å². The maximum atomic E-state index is 2.34. The van der Waals surface area contributed by atoms with Crippen molar-refractivity contribution in [3.8, 4) is 0 Å². The van der Waals surface area contributed by atoms with Crippen LogP contribution in [0.1, 0.15) is 38.3 Å². The van der Waals surface area contributed by atoms with Gasteiger partial charge in [0.15, 0.2) is 0 Å². The highest BCUT2D eigenvalue weighted by Crippen LogP contribution is 2.14. The average molecular weight is 254 g/mol. The molecule has 0 N–H and O–H groups in total. The molecule has 2 rings (SSSR count). The molecular formula is C19H26. The van der Waals surface area contributed by atoms with Gasteiger partial charge in [-0.15, -0.1) is 0 Å². The normalized spacial score (nSPS) is 11.3. The molecule has 102 valence electrons. The molecule has 1 atom stereocenters. The first-order valence-electron chi connectivity index (χ1n) is 7.42. The first-order chi connectivity index (χ1) is 9.34. The van der Waals surface area contributed by atoms with Crippen molar-refractivity contribution in [1.29, 1.82) is 0 Å². The van der Waals surface area contributed by atoms with Crippen molar-refractivity contribution in [2.45, 2.75) is 40.0 Å². The van der Waals surface area contributed by atoms with Gasteiger partial charge in [-0.1, -0.05) is 81.4 Å². The molecule has 0 spiro atoms. The monoisotopic (exact) mass is 254 g/mol. The van der Waals surface area contributed by atoms with Gasteiger partial charge in [0.05, 0.1) is 0 Å². The van der Waals surface area contributed by atoms with E-state index in [0.29, 0.717) is 0 Å². The van der Waals surface area contributed by atoms with Crippen LogP contribution in [0.25, 0.3) is 0 Å². The van der Waals surface area contributed by atoms with Gasteiger partial charge in [0.1, 0.15) is 0 Å². The minimum Gasteiger partial charge on any atom is -0.0683 e. The van der Waals surface area contributed by atoms with Crippen molar-refractivity contribution in [3.05, 3.63) is 71.8 Å². The van der Waals surface area contributed by atoms with E-state index in [-0.39, 0.29) is 0 Å². The summed E-state index contributed by atoms with van der Waals surface area (Å²) in [5.41, 5.74) is 2.90. The van der Waals surface area contributed by atoms with E-state index in [9.17, 15) is 0 Å². The molecule has 0 heterocycles. The minimum atomic E-state index is 0.748. The smallest absolute Gasteiger partial charge is 0.0253 e. The lowest BCUT2D eigenvalue weighted by atomic mass is 9.95. The molecule has 0 nitrogen and oxygen atoms in total. The van der Waals surface area contributed by atoms with Crippen molar-refractivity contribution in [1.82, 2.24) is 0 Å². The second kappa shape index (κ2) is 9.38. The van der Waals surface area contributed by atoms with Crippen LogP contribution in [-0.4, -0.2) is 0 Å². The van der Waals surface area contributed by atoms with Gasteiger partial charge in [0.25, 0.3) is 0 Å². The molecule has 0 aliphatic carbocycles. The highest BCUT2D eigenvalue weighted by atomic mass is 14.1. The zero-order valence-electron chi connectivity index (χ0n) is 12.5. The number of hydrogen-bond donors (Lipinski definition) is 0. The Balaban J connectivity index is 0.000000861. The first-order valence-corrected chi connectivity index (χ1v) is 7.42. The van der Waals surface area contributed by atoms with Crippen LogP contribution in [0.3, 0.4) is 0 Å². The molecule has 1 unspecified atom stereocenters. The fourth-order valence-corrected chi connectivity index (χ4v) is 2.18. The van der Waals surface area contributed by atoms with Crippen LogP contribution in [-0.2, 0) is 12.8 Å². The molecule has 0 heteroatoms. The van der Waals surface area contributed by atoms with Gasteiger partial charge >= 0.3 is 0 Å². The summed E-state index contributed by atoms with van der Waals surface area (Å²) < 4.78 is 0. The van der Waals surface area contributed by atoms with E-state index in [1.807, 2.05) is 13.8 Å². The third-order valence-electron chi connectivity index (χ3n) is 3.20. The Morgan fingerprint density at radius 2 is 1.21 bits per heavy atom. The second-order valence-electron chi connectivity index (χ2n) is 4.82. The molecule has 0 saturated carbocycles. The SMILES string of the molecule is CC.CC(CCc1ccccc1)Cc1ccccc1. The number of hydrogen-bond acceptors (Lipinski definition) is 0. The molecule has 0 saturated heterocycles. The third kappa shape index (κ3) is 6.24. The Kier molecular flexibility index (Phi) is 7.65. The Hall–Kier alpha value is -1.56. The van der Waals surface area contributed by atoms with Gasteiger partial charge in [-0.3, -0.25) is 0 Å². The van der Waals surface area contributed by atoms with Crippen LogP contribution in [0.15, 0.2) is 60.7 Å². The molecular weight excluding hydrogens is 228 g/mol. The van der Waals surface area contributed by atoms with E-state index in [1.54, 1.807) is 0 Å². The quantitative estimate of drug-likeness (QED) is 0.658. The van der Waals surface area contributed by atoms with E-state index < -0.39 is 0 Å². The lowest BCUT2D eigenvalue weighted by Gasteiger charge is -2.11. The highest BCUT2D eigenvalue weighted by Gasteiger charge is 2.03. The summed E-state index contributed by atoms with van der Waals surface area (Å²) in [5, 5.41) is 0. The minimum absolute atomic E-state index is 0.748. The lowest BCUT2D eigenvalue weighted by molar-refractivity contribution is 0.530. The Morgan fingerprint density at radius 1 is 0.737 bits per heavy atom. The van der Waals surface area contributed by atoms with Gasteiger partial charge in [-0.25, -0.2) is 0 Å². The molecule has 0 amide bonds. The van der Waals surface area contributed by atoms with Crippen LogP contribution in [0, 0.1) is 5.92 Å². The maximum absolute atomic E-state index is 2.34. The molecule has 0 bridgehead atoms. The van der Waals surface area contributed by atoms with Crippen molar-refractivity contribution < 1.29 is 0 Å². The van der Waals surface area contributed by atoms with E-state index in [2.05, 4.69) is 67.6 Å². The summed E-state index contributed by atoms with van der Waals surface area (Å²) >= 11 is 0. The lowest BCUT2D eigenvalue weighted by Crippen LogP contribution is -2.01. The van der Waals surface area contributed by atoms with E-state index in [1.165, 1.54) is 30.4 Å². The summed E-state index contributed by atoms with van der Waals surface area (Å²) in [6.45, 7) is 6.34. The molecule has 0 aromatic heterocycles. The molecule has 0 fully saturated rings. The van der Waals surface area contributed by atoms with Crippen LogP contribution < -0.4 is 0 Å².